The van der Waals surface area contributed by atoms with Gasteiger partial charge in [0.1, 0.15) is 5.65 Å². The van der Waals surface area contributed by atoms with Crippen LogP contribution in [0.3, 0.4) is 0 Å². The highest BCUT2D eigenvalue weighted by atomic mass is 16.6. The summed E-state index contributed by atoms with van der Waals surface area (Å²) >= 11 is 0. The van der Waals surface area contributed by atoms with Crippen molar-refractivity contribution in [2.45, 2.75) is 20.0 Å². The number of anilines is 1. The third kappa shape index (κ3) is 4.40. The number of fused-ring (bicyclic) bond motifs is 1. The van der Waals surface area contributed by atoms with Crippen LogP contribution in [0.5, 0.6) is 5.75 Å². The molecular weight excluding hydrogens is 406 g/mol. The van der Waals surface area contributed by atoms with Crippen LogP contribution in [-0.2, 0) is 13.1 Å². The van der Waals surface area contributed by atoms with Gasteiger partial charge in [0.05, 0.1) is 22.9 Å². The van der Waals surface area contributed by atoms with Crippen molar-refractivity contribution in [3.8, 4) is 17.0 Å². The molecule has 4 rings (SSSR count). The summed E-state index contributed by atoms with van der Waals surface area (Å²) in [5.74, 6) is 0.247. The van der Waals surface area contributed by atoms with Gasteiger partial charge in [-0.2, -0.15) is 0 Å². The monoisotopic (exact) mass is 431 g/mol. The van der Waals surface area contributed by atoms with Gasteiger partial charge >= 0.3 is 5.69 Å². The standard InChI is InChI=1S/C24H25N5O3/c1-3-32-22-11-9-18(13-20(22)29(30)31)24-21(28-15-19(25)10-12-23(28)26-24)16-27(2)14-17-7-5-4-6-8-17/h4-13,15H,3,14,16,25H2,1-2H3. The van der Waals surface area contributed by atoms with Crippen molar-refractivity contribution in [2.24, 2.45) is 0 Å². The molecule has 0 aliphatic heterocycles. The van der Waals surface area contributed by atoms with E-state index in [1.165, 1.54) is 11.6 Å². The van der Waals surface area contributed by atoms with Gasteiger partial charge in [-0.05, 0) is 43.8 Å². The van der Waals surface area contributed by atoms with Crippen molar-refractivity contribution < 1.29 is 9.66 Å². The van der Waals surface area contributed by atoms with E-state index < -0.39 is 4.92 Å². The van der Waals surface area contributed by atoms with Gasteiger partial charge in [0.2, 0.25) is 0 Å². The first-order chi connectivity index (χ1) is 15.5. The van der Waals surface area contributed by atoms with Gasteiger partial charge in [-0.1, -0.05) is 30.3 Å². The Morgan fingerprint density at radius 1 is 1.12 bits per heavy atom. The van der Waals surface area contributed by atoms with Crippen LogP contribution in [0.2, 0.25) is 0 Å². The zero-order valence-corrected chi connectivity index (χ0v) is 18.1. The van der Waals surface area contributed by atoms with Crippen molar-refractivity contribution in [1.82, 2.24) is 14.3 Å². The average molecular weight is 431 g/mol. The Labute approximate surface area is 186 Å². The normalized spacial score (nSPS) is 11.2. The molecule has 0 spiro atoms. The maximum atomic E-state index is 11.6. The lowest BCUT2D eigenvalue weighted by Crippen LogP contribution is -2.18. The summed E-state index contributed by atoms with van der Waals surface area (Å²) in [7, 11) is 2.03. The van der Waals surface area contributed by atoms with Gasteiger partial charge in [0, 0.05) is 36.6 Å². The van der Waals surface area contributed by atoms with E-state index in [1.807, 2.05) is 48.0 Å². The minimum Gasteiger partial charge on any atom is -0.487 e. The third-order valence-electron chi connectivity index (χ3n) is 5.18. The number of rotatable bonds is 8. The Balaban J connectivity index is 1.78. The van der Waals surface area contributed by atoms with Crippen molar-refractivity contribution in [3.05, 3.63) is 88.2 Å². The predicted octanol–water partition coefficient (Wildman–Crippen LogP) is 4.52. The maximum Gasteiger partial charge on any atom is 0.311 e. The number of ether oxygens (including phenoxy) is 1. The summed E-state index contributed by atoms with van der Waals surface area (Å²) < 4.78 is 7.39. The van der Waals surface area contributed by atoms with Gasteiger partial charge in [-0.3, -0.25) is 15.0 Å². The minimum atomic E-state index is -0.427. The number of hydrogen-bond acceptors (Lipinski definition) is 6. The maximum absolute atomic E-state index is 11.6. The molecule has 8 nitrogen and oxygen atoms in total. The fraction of sp³-hybridized carbons (Fsp3) is 0.208. The highest BCUT2D eigenvalue weighted by molar-refractivity contribution is 5.71. The first-order valence-electron chi connectivity index (χ1n) is 10.4. The zero-order chi connectivity index (χ0) is 22.7. The molecule has 0 saturated heterocycles. The van der Waals surface area contributed by atoms with E-state index in [9.17, 15) is 10.1 Å². The lowest BCUT2D eigenvalue weighted by molar-refractivity contribution is -0.385. The van der Waals surface area contributed by atoms with Crippen molar-refractivity contribution >= 4 is 17.0 Å². The van der Waals surface area contributed by atoms with Crippen LogP contribution >= 0.6 is 0 Å². The van der Waals surface area contributed by atoms with Gasteiger partial charge < -0.3 is 14.9 Å². The van der Waals surface area contributed by atoms with E-state index in [0.717, 1.165) is 17.9 Å². The molecule has 2 heterocycles. The number of nitrogens with two attached hydrogens (primary N) is 1. The summed E-state index contributed by atoms with van der Waals surface area (Å²) in [4.78, 5) is 18.2. The molecule has 0 fully saturated rings. The summed E-state index contributed by atoms with van der Waals surface area (Å²) in [5, 5.41) is 11.6. The third-order valence-corrected chi connectivity index (χ3v) is 5.18. The van der Waals surface area contributed by atoms with Gasteiger partial charge in [-0.25, -0.2) is 4.98 Å². The Morgan fingerprint density at radius 3 is 2.62 bits per heavy atom. The largest absolute Gasteiger partial charge is 0.487 e. The lowest BCUT2D eigenvalue weighted by atomic mass is 10.1. The second-order valence-corrected chi connectivity index (χ2v) is 7.63. The molecule has 0 aliphatic rings. The van der Waals surface area contributed by atoms with E-state index in [2.05, 4.69) is 17.0 Å². The number of nitro groups is 1. The van der Waals surface area contributed by atoms with Crippen molar-refractivity contribution in [1.29, 1.82) is 0 Å². The van der Waals surface area contributed by atoms with Crippen LogP contribution in [0.15, 0.2) is 66.9 Å². The topological polar surface area (TPSA) is 98.9 Å². The smallest absolute Gasteiger partial charge is 0.311 e. The van der Waals surface area contributed by atoms with Crippen molar-refractivity contribution in [3.63, 3.8) is 0 Å². The first kappa shape index (κ1) is 21.3. The second kappa shape index (κ2) is 9.07. The van der Waals surface area contributed by atoms with Crippen LogP contribution in [0.25, 0.3) is 16.9 Å². The molecule has 2 aromatic heterocycles. The minimum absolute atomic E-state index is 0.0792. The number of benzene rings is 2. The Morgan fingerprint density at radius 2 is 1.91 bits per heavy atom. The molecular formula is C24H25N5O3. The van der Waals surface area contributed by atoms with E-state index in [1.54, 1.807) is 19.1 Å². The van der Waals surface area contributed by atoms with Crippen LogP contribution < -0.4 is 10.5 Å². The quantitative estimate of drug-likeness (QED) is 0.325. The summed E-state index contributed by atoms with van der Waals surface area (Å²) in [5.41, 5.74) is 10.8. The summed E-state index contributed by atoms with van der Waals surface area (Å²) in [6.07, 6.45) is 1.83. The molecule has 8 heteroatoms. The number of nitrogen functional groups attached to an aromatic ring is 1. The highest BCUT2D eigenvalue weighted by Gasteiger charge is 2.21. The highest BCUT2D eigenvalue weighted by Crippen LogP contribution is 2.34. The van der Waals surface area contributed by atoms with Crippen LogP contribution in [0.4, 0.5) is 11.4 Å². The molecule has 0 amide bonds. The number of nitro benzene ring substituents is 1. The number of pyridine rings is 1. The second-order valence-electron chi connectivity index (χ2n) is 7.63. The molecule has 2 N–H and O–H groups in total. The average Bonchev–Trinajstić information content (AvgIpc) is 3.12. The molecule has 0 bridgehead atoms. The number of nitrogens with zero attached hydrogens (tertiary/aromatic N) is 4. The zero-order valence-electron chi connectivity index (χ0n) is 18.1. The van der Waals surface area contributed by atoms with E-state index in [0.29, 0.717) is 30.1 Å². The Bertz CT molecular complexity index is 1250. The van der Waals surface area contributed by atoms with Crippen LogP contribution in [-0.4, -0.2) is 32.9 Å². The Kier molecular flexibility index (Phi) is 6.04. The fourth-order valence-electron chi connectivity index (χ4n) is 3.78. The molecule has 0 saturated carbocycles. The molecule has 0 unspecified atom stereocenters. The first-order valence-corrected chi connectivity index (χ1v) is 10.4. The summed E-state index contributed by atoms with van der Waals surface area (Å²) in [6.45, 7) is 3.48. The summed E-state index contributed by atoms with van der Waals surface area (Å²) in [6, 6.07) is 18.8. The van der Waals surface area contributed by atoms with Crippen molar-refractivity contribution in [2.75, 3.05) is 19.4 Å². The molecule has 0 aliphatic carbocycles. The molecule has 0 atom stereocenters. The SMILES string of the molecule is CCOc1ccc(-c2nc3ccc(N)cn3c2CN(C)Cc2ccccc2)cc1[N+](=O)[O-]. The molecule has 164 valence electrons. The van der Waals surface area contributed by atoms with Crippen LogP contribution in [0.1, 0.15) is 18.2 Å². The Hall–Kier alpha value is -3.91. The molecule has 4 aromatic rings. The molecule has 32 heavy (non-hydrogen) atoms. The fourth-order valence-corrected chi connectivity index (χ4v) is 3.78. The number of hydrogen-bond donors (Lipinski definition) is 1. The van der Waals surface area contributed by atoms with Gasteiger partial charge in [0.15, 0.2) is 5.75 Å². The van der Waals surface area contributed by atoms with Crippen LogP contribution in [0, 0.1) is 10.1 Å². The molecule has 2 aromatic carbocycles. The van der Waals surface area contributed by atoms with Gasteiger partial charge in [-0.15, -0.1) is 0 Å². The predicted molar refractivity (Wildman–Crippen MR) is 124 cm³/mol. The van der Waals surface area contributed by atoms with E-state index in [4.69, 9.17) is 15.5 Å². The number of aromatic nitrogens is 2. The van der Waals surface area contributed by atoms with Gasteiger partial charge in [0.25, 0.3) is 0 Å². The number of imidazole rings is 1. The molecule has 0 radical (unpaired) electrons. The van der Waals surface area contributed by atoms with E-state index >= 15 is 0 Å². The lowest BCUT2D eigenvalue weighted by Gasteiger charge is -2.18. The van der Waals surface area contributed by atoms with E-state index in [-0.39, 0.29) is 11.4 Å².